The van der Waals surface area contributed by atoms with Gasteiger partial charge >= 0.3 is 0 Å². The largest absolute Gasteiger partial charge is 0.341 e. The van der Waals surface area contributed by atoms with Crippen LogP contribution in [0.2, 0.25) is 0 Å². The maximum Gasteiger partial charge on any atom is 0.106 e. The van der Waals surface area contributed by atoms with Crippen molar-refractivity contribution in [3.05, 3.63) is 30.4 Å². The average Bonchev–Trinajstić information content (AvgIpc) is 2.58. The summed E-state index contributed by atoms with van der Waals surface area (Å²) in [5.41, 5.74) is 2.81. The summed E-state index contributed by atoms with van der Waals surface area (Å²) in [6, 6.07) is 1.93. The molecule has 0 atom stereocenters. The number of aromatic nitrogens is 3. The molecule has 13 heavy (non-hydrogen) atoms. The van der Waals surface area contributed by atoms with Gasteiger partial charge in [0.2, 0.25) is 0 Å². The fraction of sp³-hybridized carbons (Fsp3) is 0.200. The predicted molar refractivity (Wildman–Crippen MR) is 53.4 cm³/mol. The lowest BCUT2D eigenvalue weighted by molar-refractivity contribution is 1.00. The fourth-order valence-corrected chi connectivity index (χ4v) is 1.26. The van der Waals surface area contributed by atoms with E-state index in [1.54, 1.807) is 12.3 Å². The molecule has 0 aliphatic heterocycles. The molecule has 1 N–H and O–H groups in total. The summed E-state index contributed by atoms with van der Waals surface area (Å²) < 4.78 is 0. The van der Waals surface area contributed by atoms with Gasteiger partial charge in [-0.15, -0.1) is 0 Å². The standard InChI is InChI=1S/C10H11N3/c1-3-7-5-8-9(6-11-7)13-10(4-2)12-8/h3,5-6H,1,4H2,2H3,(H,12,13). The van der Waals surface area contributed by atoms with E-state index >= 15 is 0 Å². The first kappa shape index (κ1) is 7.98. The van der Waals surface area contributed by atoms with Crippen molar-refractivity contribution in [2.45, 2.75) is 13.3 Å². The average molecular weight is 173 g/mol. The molecule has 2 aromatic heterocycles. The molecule has 3 nitrogen and oxygen atoms in total. The molecule has 0 aliphatic carbocycles. The molecule has 3 heteroatoms. The molecule has 0 radical (unpaired) electrons. The number of pyridine rings is 1. The van der Waals surface area contributed by atoms with E-state index in [1.807, 2.05) is 6.07 Å². The molecule has 0 aliphatic rings. The van der Waals surface area contributed by atoms with Crippen LogP contribution >= 0.6 is 0 Å². The molecule has 0 saturated carbocycles. The zero-order valence-electron chi connectivity index (χ0n) is 7.54. The van der Waals surface area contributed by atoms with E-state index in [0.29, 0.717) is 0 Å². The summed E-state index contributed by atoms with van der Waals surface area (Å²) in [7, 11) is 0. The van der Waals surface area contributed by atoms with Crippen LogP contribution in [0.25, 0.3) is 17.1 Å². The number of rotatable bonds is 2. The Hall–Kier alpha value is -1.64. The summed E-state index contributed by atoms with van der Waals surface area (Å²) in [5, 5.41) is 0. The molecule has 0 saturated heterocycles. The first-order chi connectivity index (χ1) is 6.33. The number of hydrogen-bond donors (Lipinski definition) is 1. The van der Waals surface area contributed by atoms with Gasteiger partial charge in [0.1, 0.15) is 5.82 Å². The number of imidazole rings is 1. The molecule has 66 valence electrons. The second kappa shape index (κ2) is 3.01. The second-order valence-corrected chi connectivity index (χ2v) is 2.87. The number of aromatic amines is 1. The molecule has 2 rings (SSSR count). The van der Waals surface area contributed by atoms with E-state index in [1.165, 1.54) is 0 Å². The van der Waals surface area contributed by atoms with Crippen molar-refractivity contribution < 1.29 is 0 Å². The topological polar surface area (TPSA) is 41.6 Å². The SMILES string of the molecule is C=Cc1cc2nc(CC)[nH]c2cn1. The van der Waals surface area contributed by atoms with E-state index in [4.69, 9.17) is 0 Å². The van der Waals surface area contributed by atoms with Gasteiger partial charge in [-0.1, -0.05) is 13.5 Å². The minimum atomic E-state index is 0.863. The molecular formula is C10H11N3. The zero-order valence-corrected chi connectivity index (χ0v) is 7.54. The zero-order chi connectivity index (χ0) is 9.26. The van der Waals surface area contributed by atoms with E-state index in [9.17, 15) is 0 Å². The molecule has 2 aromatic rings. The van der Waals surface area contributed by atoms with Gasteiger partial charge in [0.05, 0.1) is 22.9 Å². The van der Waals surface area contributed by atoms with Crippen LogP contribution in [0, 0.1) is 0 Å². The van der Waals surface area contributed by atoms with E-state index in [0.717, 1.165) is 29.0 Å². The number of fused-ring (bicyclic) bond motifs is 1. The quantitative estimate of drug-likeness (QED) is 0.756. The van der Waals surface area contributed by atoms with Crippen LogP contribution in [-0.4, -0.2) is 15.0 Å². The number of aryl methyl sites for hydroxylation is 1. The Balaban J connectivity index is 2.63. The summed E-state index contributed by atoms with van der Waals surface area (Å²) in [6.07, 6.45) is 4.43. The first-order valence-electron chi connectivity index (χ1n) is 4.30. The monoisotopic (exact) mass is 173 g/mol. The number of hydrogen-bond acceptors (Lipinski definition) is 2. The molecule has 0 unspecified atom stereocenters. The molecule has 2 heterocycles. The third-order valence-corrected chi connectivity index (χ3v) is 1.98. The predicted octanol–water partition coefficient (Wildman–Crippen LogP) is 2.16. The van der Waals surface area contributed by atoms with Crippen LogP contribution in [-0.2, 0) is 6.42 Å². The fourth-order valence-electron chi connectivity index (χ4n) is 1.26. The van der Waals surface area contributed by atoms with Crippen LogP contribution in [0.4, 0.5) is 0 Å². The highest BCUT2D eigenvalue weighted by Crippen LogP contribution is 2.12. The Morgan fingerprint density at radius 2 is 2.46 bits per heavy atom. The third kappa shape index (κ3) is 1.33. The minimum Gasteiger partial charge on any atom is -0.341 e. The molecule has 0 amide bonds. The summed E-state index contributed by atoms with van der Waals surface area (Å²) in [4.78, 5) is 11.8. The number of H-pyrrole nitrogens is 1. The van der Waals surface area contributed by atoms with Crippen molar-refractivity contribution in [3.63, 3.8) is 0 Å². The summed E-state index contributed by atoms with van der Waals surface area (Å²) in [5.74, 6) is 0.998. The van der Waals surface area contributed by atoms with Gasteiger partial charge in [-0.05, 0) is 12.1 Å². The molecule has 0 spiro atoms. The van der Waals surface area contributed by atoms with Gasteiger partial charge in [0.15, 0.2) is 0 Å². The third-order valence-electron chi connectivity index (χ3n) is 1.98. The van der Waals surface area contributed by atoms with Gasteiger partial charge in [-0.25, -0.2) is 4.98 Å². The Bertz CT molecular complexity index is 442. The van der Waals surface area contributed by atoms with Gasteiger partial charge in [-0.3, -0.25) is 4.98 Å². The van der Waals surface area contributed by atoms with Crippen LogP contribution in [0.5, 0.6) is 0 Å². The Morgan fingerprint density at radius 3 is 3.15 bits per heavy atom. The Labute approximate surface area is 76.5 Å². The molecular weight excluding hydrogens is 162 g/mol. The smallest absolute Gasteiger partial charge is 0.106 e. The lowest BCUT2D eigenvalue weighted by Gasteiger charge is -1.89. The lowest BCUT2D eigenvalue weighted by atomic mass is 10.3. The second-order valence-electron chi connectivity index (χ2n) is 2.87. The normalized spacial score (nSPS) is 10.5. The summed E-state index contributed by atoms with van der Waals surface area (Å²) in [6.45, 7) is 5.73. The highest BCUT2D eigenvalue weighted by atomic mass is 14.9. The van der Waals surface area contributed by atoms with Crippen molar-refractivity contribution in [1.29, 1.82) is 0 Å². The molecule has 0 bridgehead atoms. The maximum atomic E-state index is 4.40. The Morgan fingerprint density at radius 1 is 1.62 bits per heavy atom. The van der Waals surface area contributed by atoms with Gasteiger partial charge < -0.3 is 4.98 Å². The van der Waals surface area contributed by atoms with Gasteiger partial charge in [-0.2, -0.15) is 0 Å². The van der Waals surface area contributed by atoms with E-state index < -0.39 is 0 Å². The van der Waals surface area contributed by atoms with Crippen LogP contribution in [0.3, 0.4) is 0 Å². The van der Waals surface area contributed by atoms with Crippen molar-refractivity contribution in [1.82, 2.24) is 15.0 Å². The van der Waals surface area contributed by atoms with Crippen LogP contribution in [0.15, 0.2) is 18.8 Å². The highest BCUT2D eigenvalue weighted by molar-refractivity contribution is 5.76. The number of nitrogens with zero attached hydrogens (tertiary/aromatic N) is 2. The summed E-state index contributed by atoms with van der Waals surface area (Å²) >= 11 is 0. The lowest BCUT2D eigenvalue weighted by Crippen LogP contribution is -1.79. The van der Waals surface area contributed by atoms with Crippen molar-refractivity contribution in [3.8, 4) is 0 Å². The van der Waals surface area contributed by atoms with Crippen molar-refractivity contribution in [2.75, 3.05) is 0 Å². The van der Waals surface area contributed by atoms with Crippen LogP contribution in [0.1, 0.15) is 18.4 Å². The maximum absolute atomic E-state index is 4.40. The van der Waals surface area contributed by atoms with Gasteiger partial charge in [0, 0.05) is 6.42 Å². The molecule has 0 fully saturated rings. The first-order valence-corrected chi connectivity index (χ1v) is 4.30. The van der Waals surface area contributed by atoms with Gasteiger partial charge in [0.25, 0.3) is 0 Å². The Kier molecular flexibility index (Phi) is 1.85. The number of nitrogens with one attached hydrogen (secondary N) is 1. The van der Waals surface area contributed by atoms with E-state index in [2.05, 4.69) is 28.5 Å². The molecule has 0 aromatic carbocycles. The van der Waals surface area contributed by atoms with Crippen LogP contribution < -0.4 is 0 Å². The highest BCUT2D eigenvalue weighted by Gasteiger charge is 2.00. The van der Waals surface area contributed by atoms with Crippen molar-refractivity contribution in [2.24, 2.45) is 0 Å². The van der Waals surface area contributed by atoms with Crippen molar-refractivity contribution >= 4 is 17.1 Å². The van der Waals surface area contributed by atoms with E-state index in [-0.39, 0.29) is 0 Å². The minimum absolute atomic E-state index is 0.863.